The summed E-state index contributed by atoms with van der Waals surface area (Å²) in [6, 6.07) is 9.38. The summed E-state index contributed by atoms with van der Waals surface area (Å²) in [5, 5.41) is 12.1. The molecule has 23 heavy (non-hydrogen) atoms. The third kappa shape index (κ3) is 4.45. The first-order valence-corrected chi connectivity index (χ1v) is 7.50. The normalized spacial score (nSPS) is 12.0. The van der Waals surface area contributed by atoms with E-state index in [2.05, 4.69) is 5.32 Å². The molecule has 0 saturated carbocycles. The van der Waals surface area contributed by atoms with Crippen molar-refractivity contribution in [1.29, 1.82) is 0 Å². The number of hydrogen-bond acceptors (Lipinski definition) is 3. The van der Waals surface area contributed by atoms with Crippen molar-refractivity contribution in [2.75, 3.05) is 6.54 Å². The summed E-state index contributed by atoms with van der Waals surface area (Å²) in [5.41, 5.74) is 2.48. The summed E-state index contributed by atoms with van der Waals surface area (Å²) in [4.78, 5) is 23.6. The molecule has 1 atom stereocenters. The monoisotopic (exact) mass is 315 g/mol. The highest BCUT2D eigenvalue weighted by atomic mass is 16.4. The van der Waals surface area contributed by atoms with Gasteiger partial charge in [0.15, 0.2) is 0 Å². The lowest BCUT2D eigenvalue weighted by atomic mass is 9.98. The lowest BCUT2D eigenvalue weighted by Crippen LogP contribution is -2.34. The van der Waals surface area contributed by atoms with Gasteiger partial charge in [-0.05, 0) is 38.8 Å². The van der Waals surface area contributed by atoms with Crippen molar-refractivity contribution in [2.24, 2.45) is 5.92 Å². The van der Waals surface area contributed by atoms with Gasteiger partial charge in [-0.25, -0.2) is 0 Å². The molecule has 1 amide bonds. The zero-order chi connectivity index (χ0) is 17.0. The van der Waals surface area contributed by atoms with Gasteiger partial charge in [0, 0.05) is 6.54 Å². The van der Waals surface area contributed by atoms with E-state index < -0.39 is 11.9 Å². The van der Waals surface area contributed by atoms with Crippen molar-refractivity contribution in [3.05, 3.63) is 58.5 Å². The van der Waals surface area contributed by atoms with Gasteiger partial charge in [-0.3, -0.25) is 9.59 Å². The third-order valence-electron chi connectivity index (χ3n) is 3.71. The Labute approximate surface area is 135 Å². The van der Waals surface area contributed by atoms with Gasteiger partial charge < -0.3 is 14.8 Å². The van der Waals surface area contributed by atoms with E-state index in [1.54, 1.807) is 19.9 Å². The minimum atomic E-state index is -0.924. The molecule has 0 aliphatic heterocycles. The van der Waals surface area contributed by atoms with E-state index in [4.69, 9.17) is 4.42 Å². The number of amides is 1. The first-order chi connectivity index (χ1) is 10.9. The number of nitrogens with one attached hydrogen (secondary N) is 1. The maximum Gasteiger partial charge on any atom is 0.308 e. The second-order valence-electron chi connectivity index (χ2n) is 5.77. The molecule has 0 spiro atoms. The van der Waals surface area contributed by atoms with Crippen LogP contribution in [0.15, 0.2) is 34.7 Å². The fraction of sp³-hybridized carbons (Fsp3) is 0.333. The van der Waals surface area contributed by atoms with Crippen molar-refractivity contribution in [2.45, 2.75) is 27.2 Å². The summed E-state index contributed by atoms with van der Waals surface area (Å²) >= 11 is 0. The first kappa shape index (κ1) is 16.8. The topological polar surface area (TPSA) is 79.5 Å². The van der Waals surface area contributed by atoms with E-state index in [-0.39, 0.29) is 12.5 Å². The predicted octanol–water partition coefficient (Wildman–Crippen LogP) is 2.88. The summed E-state index contributed by atoms with van der Waals surface area (Å²) in [7, 11) is 0. The Morgan fingerprint density at radius 3 is 2.52 bits per heavy atom. The van der Waals surface area contributed by atoms with Gasteiger partial charge in [0.05, 0.1) is 11.5 Å². The van der Waals surface area contributed by atoms with E-state index in [9.17, 15) is 14.7 Å². The van der Waals surface area contributed by atoms with Gasteiger partial charge >= 0.3 is 5.97 Å². The molecule has 5 nitrogen and oxygen atoms in total. The first-order valence-electron chi connectivity index (χ1n) is 7.50. The van der Waals surface area contributed by atoms with Crippen LogP contribution in [0.4, 0.5) is 0 Å². The van der Waals surface area contributed by atoms with Gasteiger partial charge in [0.25, 0.3) is 5.91 Å². The predicted molar refractivity (Wildman–Crippen MR) is 86.5 cm³/mol. The number of carbonyl (C=O) groups is 2. The van der Waals surface area contributed by atoms with Gasteiger partial charge in [-0.1, -0.05) is 29.8 Å². The number of hydrogen-bond donors (Lipinski definition) is 2. The molecule has 1 heterocycles. The fourth-order valence-corrected chi connectivity index (χ4v) is 2.54. The summed E-state index contributed by atoms with van der Waals surface area (Å²) < 4.78 is 5.32. The third-order valence-corrected chi connectivity index (χ3v) is 3.71. The van der Waals surface area contributed by atoms with Crippen molar-refractivity contribution in [3.63, 3.8) is 0 Å². The Morgan fingerprint density at radius 1 is 1.22 bits per heavy atom. The van der Waals surface area contributed by atoms with E-state index in [0.717, 1.165) is 11.1 Å². The van der Waals surface area contributed by atoms with E-state index in [0.29, 0.717) is 23.5 Å². The Morgan fingerprint density at radius 2 is 1.96 bits per heavy atom. The van der Waals surface area contributed by atoms with E-state index in [1.807, 2.05) is 31.2 Å². The molecule has 0 radical (unpaired) electrons. The molecule has 0 bridgehead atoms. The van der Waals surface area contributed by atoms with Crippen LogP contribution in [0.3, 0.4) is 0 Å². The molecule has 0 unspecified atom stereocenters. The van der Waals surface area contributed by atoms with Gasteiger partial charge in [0.2, 0.25) is 0 Å². The second kappa shape index (κ2) is 7.13. The highest BCUT2D eigenvalue weighted by Gasteiger charge is 2.21. The highest BCUT2D eigenvalue weighted by molar-refractivity contribution is 5.95. The number of carboxylic acids is 1. The average Bonchev–Trinajstić information content (AvgIpc) is 2.81. The van der Waals surface area contributed by atoms with Gasteiger partial charge in [-0.15, -0.1) is 0 Å². The quantitative estimate of drug-likeness (QED) is 0.859. The van der Waals surface area contributed by atoms with Crippen molar-refractivity contribution >= 4 is 11.9 Å². The van der Waals surface area contributed by atoms with Crippen LogP contribution in [-0.4, -0.2) is 23.5 Å². The number of furan rings is 1. The summed E-state index contributed by atoms with van der Waals surface area (Å²) in [6.07, 6.45) is 0.376. The fourth-order valence-electron chi connectivity index (χ4n) is 2.54. The number of aliphatic carboxylic acids is 1. The van der Waals surface area contributed by atoms with Crippen molar-refractivity contribution in [1.82, 2.24) is 5.32 Å². The minimum Gasteiger partial charge on any atom is -0.481 e. The molecule has 1 aromatic carbocycles. The molecule has 2 N–H and O–H groups in total. The Kier molecular flexibility index (Phi) is 5.21. The van der Waals surface area contributed by atoms with E-state index >= 15 is 0 Å². The van der Waals surface area contributed by atoms with Crippen LogP contribution >= 0.6 is 0 Å². The number of carbonyl (C=O) groups excluding carboxylic acids is 1. The molecule has 2 rings (SSSR count). The molecule has 0 fully saturated rings. The minimum absolute atomic E-state index is 0.0752. The molecule has 2 aromatic rings. The number of rotatable bonds is 6. The second-order valence-corrected chi connectivity index (χ2v) is 5.77. The van der Waals surface area contributed by atoms with Crippen LogP contribution in [-0.2, 0) is 11.2 Å². The Balaban J connectivity index is 2.01. The maximum atomic E-state index is 12.1. The van der Waals surface area contributed by atoms with Gasteiger partial charge in [-0.2, -0.15) is 0 Å². The lowest BCUT2D eigenvalue weighted by molar-refractivity contribution is -0.141. The van der Waals surface area contributed by atoms with Crippen molar-refractivity contribution < 1.29 is 19.1 Å². The lowest BCUT2D eigenvalue weighted by Gasteiger charge is -2.14. The van der Waals surface area contributed by atoms with Crippen LogP contribution in [0.5, 0.6) is 0 Å². The standard InChI is InChI=1S/C18H21NO4/c1-11-5-4-6-14(7-11)9-15(18(21)22)10-19-17(20)16-8-12(2)23-13(16)3/h4-8,15H,9-10H2,1-3H3,(H,19,20)(H,21,22)/t15-/m1/s1. The SMILES string of the molecule is Cc1cccc(C[C@H](CNC(=O)c2cc(C)oc2C)C(=O)O)c1. The molecule has 5 heteroatoms. The largest absolute Gasteiger partial charge is 0.481 e. The Hall–Kier alpha value is -2.56. The van der Waals surface area contributed by atoms with E-state index in [1.165, 1.54) is 0 Å². The van der Waals surface area contributed by atoms with Crippen LogP contribution < -0.4 is 5.32 Å². The average molecular weight is 315 g/mol. The highest BCUT2D eigenvalue weighted by Crippen LogP contribution is 2.14. The zero-order valence-corrected chi connectivity index (χ0v) is 13.6. The molecule has 0 aliphatic rings. The number of carboxylic acid groups (broad SMARTS) is 1. The number of benzene rings is 1. The molecular formula is C18H21NO4. The van der Waals surface area contributed by atoms with Crippen LogP contribution in [0.2, 0.25) is 0 Å². The van der Waals surface area contributed by atoms with Crippen molar-refractivity contribution in [3.8, 4) is 0 Å². The van der Waals surface area contributed by atoms with Crippen LogP contribution in [0, 0.1) is 26.7 Å². The summed E-state index contributed by atoms with van der Waals surface area (Å²) in [6.45, 7) is 5.52. The molecule has 0 aliphatic carbocycles. The van der Waals surface area contributed by atoms with Crippen LogP contribution in [0.1, 0.15) is 33.0 Å². The zero-order valence-electron chi connectivity index (χ0n) is 13.6. The molecular weight excluding hydrogens is 294 g/mol. The summed E-state index contributed by atoms with van der Waals surface area (Å²) in [5.74, 6) is -0.719. The number of aryl methyl sites for hydroxylation is 3. The molecule has 1 aromatic heterocycles. The molecule has 0 saturated heterocycles. The maximum absolute atomic E-state index is 12.1. The Bertz CT molecular complexity index is 718. The molecule has 122 valence electrons. The van der Waals surface area contributed by atoms with Gasteiger partial charge in [0.1, 0.15) is 11.5 Å². The smallest absolute Gasteiger partial charge is 0.308 e. The van der Waals surface area contributed by atoms with Crippen LogP contribution in [0.25, 0.3) is 0 Å².